The molecule has 1 saturated heterocycles. The van der Waals surface area contributed by atoms with Crippen molar-refractivity contribution in [3.63, 3.8) is 0 Å². The molecule has 1 amide bonds. The molecule has 8 heteroatoms. The number of hydrogen-bond acceptors (Lipinski definition) is 7. The van der Waals surface area contributed by atoms with Crippen molar-refractivity contribution in [3.8, 4) is 11.5 Å². The van der Waals surface area contributed by atoms with Gasteiger partial charge in [0, 0.05) is 5.56 Å². The van der Waals surface area contributed by atoms with Gasteiger partial charge in [0.2, 0.25) is 0 Å². The Morgan fingerprint density at radius 3 is 2.56 bits per heavy atom. The van der Waals surface area contributed by atoms with Crippen molar-refractivity contribution in [1.29, 1.82) is 0 Å². The van der Waals surface area contributed by atoms with E-state index in [4.69, 9.17) is 9.47 Å². The van der Waals surface area contributed by atoms with Crippen LogP contribution < -0.4 is 14.4 Å². The Hall–Kier alpha value is -4.17. The molecule has 39 heavy (non-hydrogen) atoms. The van der Waals surface area contributed by atoms with Gasteiger partial charge in [-0.05, 0) is 49.2 Å². The van der Waals surface area contributed by atoms with Crippen molar-refractivity contribution in [2.24, 2.45) is 0 Å². The molecule has 1 aliphatic rings. The second-order valence-electron chi connectivity index (χ2n) is 9.49. The Labute approximate surface area is 231 Å². The van der Waals surface area contributed by atoms with E-state index in [9.17, 15) is 14.7 Å². The number of fused-ring (bicyclic) bond motifs is 1. The summed E-state index contributed by atoms with van der Waals surface area (Å²) < 4.78 is 12.1. The topological polar surface area (TPSA) is 89.0 Å². The van der Waals surface area contributed by atoms with Crippen molar-refractivity contribution in [1.82, 2.24) is 4.98 Å². The van der Waals surface area contributed by atoms with E-state index in [1.165, 1.54) is 16.2 Å². The lowest BCUT2D eigenvalue weighted by atomic mass is 9.95. The van der Waals surface area contributed by atoms with Crippen LogP contribution in [0.3, 0.4) is 0 Å². The molecule has 1 unspecified atom stereocenters. The number of methoxy groups -OCH3 is 1. The van der Waals surface area contributed by atoms with Gasteiger partial charge in [0.05, 0.1) is 35.5 Å². The Bertz CT molecular complexity index is 1560. The first-order valence-corrected chi connectivity index (χ1v) is 13.8. The molecule has 0 bridgehead atoms. The van der Waals surface area contributed by atoms with E-state index in [0.29, 0.717) is 39.9 Å². The van der Waals surface area contributed by atoms with E-state index >= 15 is 0 Å². The van der Waals surface area contributed by atoms with Gasteiger partial charge in [0.25, 0.3) is 5.78 Å². The predicted octanol–water partition coefficient (Wildman–Crippen LogP) is 6.81. The lowest BCUT2D eigenvalue weighted by Gasteiger charge is -2.23. The average Bonchev–Trinajstić information content (AvgIpc) is 3.48. The number of rotatable bonds is 9. The molecule has 1 N–H and O–H groups in total. The van der Waals surface area contributed by atoms with Crippen molar-refractivity contribution in [2.75, 3.05) is 18.6 Å². The molecule has 1 atom stereocenters. The minimum atomic E-state index is -0.882. The molecule has 2 heterocycles. The molecule has 3 aromatic carbocycles. The van der Waals surface area contributed by atoms with Crippen LogP contribution in [0.2, 0.25) is 0 Å². The van der Waals surface area contributed by atoms with E-state index < -0.39 is 17.7 Å². The van der Waals surface area contributed by atoms with E-state index in [2.05, 4.69) is 11.9 Å². The van der Waals surface area contributed by atoms with Crippen LogP contribution in [-0.4, -0.2) is 35.5 Å². The number of Topliss-reactive ketones (excluding diaryl/α,β-unsaturated/α-hetero) is 1. The fraction of sp³-hybridized carbons (Fsp3) is 0.258. The van der Waals surface area contributed by atoms with Gasteiger partial charge in [-0.3, -0.25) is 14.5 Å². The van der Waals surface area contributed by atoms with Crippen LogP contribution in [0.25, 0.3) is 16.0 Å². The van der Waals surface area contributed by atoms with Crippen LogP contribution in [0.4, 0.5) is 5.13 Å². The van der Waals surface area contributed by atoms with Crippen LogP contribution in [0.1, 0.15) is 48.9 Å². The summed E-state index contributed by atoms with van der Waals surface area (Å²) in [5, 5.41) is 11.8. The van der Waals surface area contributed by atoms with Crippen LogP contribution >= 0.6 is 11.3 Å². The molecule has 4 aromatic rings. The first kappa shape index (κ1) is 26.4. The highest BCUT2D eigenvalue weighted by atomic mass is 32.1. The summed E-state index contributed by atoms with van der Waals surface area (Å²) >= 11 is 1.29. The summed E-state index contributed by atoms with van der Waals surface area (Å²) in [6, 6.07) is 19.1. The van der Waals surface area contributed by atoms with Crippen LogP contribution in [-0.2, 0) is 9.59 Å². The number of ketones is 1. The maximum absolute atomic E-state index is 13.6. The van der Waals surface area contributed by atoms with Crippen molar-refractivity contribution >= 4 is 44.1 Å². The molecule has 1 aromatic heterocycles. The summed E-state index contributed by atoms with van der Waals surface area (Å²) in [6.45, 7) is 4.65. The number of thiazole rings is 1. The van der Waals surface area contributed by atoms with Crippen LogP contribution in [0, 0.1) is 6.92 Å². The molecule has 0 spiro atoms. The number of unbranched alkanes of at least 4 members (excludes halogenated alkanes) is 2. The Morgan fingerprint density at radius 1 is 1.03 bits per heavy atom. The number of hydrogen-bond donors (Lipinski definition) is 1. The molecule has 1 aliphatic heterocycles. The fourth-order valence-corrected chi connectivity index (χ4v) is 5.67. The van der Waals surface area contributed by atoms with Gasteiger partial charge in [-0.1, -0.05) is 73.1 Å². The van der Waals surface area contributed by atoms with Gasteiger partial charge in [-0.15, -0.1) is 0 Å². The maximum Gasteiger partial charge on any atom is 0.301 e. The second-order valence-corrected chi connectivity index (χ2v) is 10.5. The summed E-state index contributed by atoms with van der Waals surface area (Å²) in [6.07, 6.45) is 3.09. The fourth-order valence-electron chi connectivity index (χ4n) is 4.65. The molecule has 5 rings (SSSR count). The summed E-state index contributed by atoms with van der Waals surface area (Å²) in [5.41, 5.74) is 2.82. The minimum absolute atomic E-state index is 0.0174. The zero-order valence-corrected chi connectivity index (χ0v) is 23.0. The predicted molar refractivity (Wildman–Crippen MR) is 154 cm³/mol. The quantitative estimate of drug-likeness (QED) is 0.108. The van der Waals surface area contributed by atoms with Crippen molar-refractivity contribution in [3.05, 3.63) is 89.0 Å². The monoisotopic (exact) mass is 542 g/mol. The third-order valence-corrected chi connectivity index (χ3v) is 7.77. The van der Waals surface area contributed by atoms with Gasteiger partial charge >= 0.3 is 5.91 Å². The second kappa shape index (κ2) is 11.3. The largest absolute Gasteiger partial charge is 0.507 e. The number of nitrogens with zero attached hydrogens (tertiary/aromatic N) is 2. The molecule has 0 saturated carbocycles. The van der Waals surface area contributed by atoms with E-state index in [1.54, 1.807) is 25.3 Å². The maximum atomic E-state index is 13.6. The van der Waals surface area contributed by atoms with Crippen LogP contribution in [0.5, 0.6) is 11.5 Å². The summed E-state index contributed by atoms with van der Waals surface area (Å²) in [7, 11) is 1.59. The zero-order valence-electron chi connectivity index (χ0n) is 22.1. The number of aliphatic hydroxyl groups excluding tert-OH is 1. The smallest absolute Gasteiger partial charge is 0.301 e. The number of amides is 1. The van der Waals surface area contributed by atoms with Gasteiger partial charge in [0.15, 0.2) is 5.13 Å². The lowest BCUT2D eigenvalue weighted by Crippen LogP contribution is -2.29. The lowest BCUT2D eigenvalue weighted by molar-refractivity contribution is -0.132. The first-order chi connectivity index (χ1) is 18.9. The number of aromatic nitrogens is 1. The van der Waals surface area contributed by atoms with Gasteiger partial charge in [0.1, 0.15) is 17.3 Å². The number of carbonyl (C=O) groups is 2. The molecule has 0 radical (unpaired) electrons. The van der Waals surface area contributed by atoms with E-state index in [1.807, 2.05) is 55.5 Å². The van der Waals surface area contributed by atoms with Crippen molar-refractivity contribution in [2.45, 2.75) is 39.2 Å². The number of aliphatic hydroxyl groups is 1. The molecule has 200 valence electrons. The number of anilines is 1. The first-order valence-electron chi connectivity index (χ1n) is 13.0. The number of benzene rings is 3. The Balaban J connectivity index is 1.64. The van der Waals surface area contributed by atoms with E-state index in [-0.39, 0.29) is 11.3 Å². The normalized spacial score (nSPS) is 16.7. The minimum Gasteiger partial charge on any atom is -0.507 e. The Morgan fingerprint density at radius 2 is 1.82 bits per heavy atom. The zero-order chi connectivity index (χ0) is 27.5. The third kappa shape index (κ3) is 5.25. The van der Waals surface area contributed by atoms with Gasteiger partial charge < -0.3 is 14.6 Å². The highest BCUT2D eigenvalue weighted by molar-refractivity contribution is 7.22. The summed E-state index contributed by atoms with van der Waals surface area (Å²) in [5.74, 6) is -0.418. The average molecular weight is 543 g/mol. The number of ether oxygens (including phenoxy) is 2. The standard InChI is InChI=1S/C31H30N2O5S/c1-4-5-6-16-38-23-9-7-8-21(17-23)27-26(28(34)20-12-10-19(2)11-13-20)29(35)30(36)33(27)31-32-24-15-14-22(37-3)18-25(24)39-31/h7-15,17-18,27,34H,4-6,16H2,1-3H3. The number of carbonyl (C=O) groups excluding carboxylic acids is 2. The van der Waals surface area contributed by atoms with E-state index in [0.717, 1.165) is 29.5 Å². The Kier molecular flexibility index (Phi) is 7.65. The highest BCUT2D eigenvalue weighted by Gasteiger charge is 2.48. The van der Waals surface area contributed by atoms with Crippen molar-refractivity contribution < 1.29 is 24.2 Å². The SMILES string of the molecule is CCCCCOc1cccc(C2C(=C(O)c3ccc(C)cc3)C(=O)C(=O)N2c2nc3ccc(OC)cc3s2)c1. The number of aryl methyl sites for hydroxylation is 1. The molecular formula is C31H30N2O5S. The summed E-state index contributed by atoms with van der Waals surface area (Å²) in [4.78, 5) is 33.1. The third-order valence-electron chi connectivity index (χ3n) is 6.75. The molecule has 1 fully saturated rings. The molecule has 7 nitrogen and oxygen atoms in total. The van der Waals surface area contributed by atoms with Gasteiger partial charge in [-0.25, -0.2) is 4.98 Å². The highest BCUT2D eigenvalue weighted by Crippen LogP contribution is 2.45. The van der Waals surface area contributed by atoms with Gasteiger partial charge in [-0.2, -0.15) is 0 Å². The van der Waals surface area contributed by atoms with Crippen LogP contribution in [0.15, 0.2) is 72.3 Å². The molecular weight excluding hydrogens is 512 g/mol. The molecule has 0 aliphatic carbocycles.